The third-order valence-corrected chi connectivity index (χ3v) is 4.48. The van der Waals surface area contributed by atoms with Crippen LogP contribution in [0, 0.1) is 0 Å². The van der Waals surface area contributed by atoms with Crippen molar-refractivity contribution in [3.05, 3.63) is 70.5 Å². The molecule has 1 heterocycles. The van der Waals surface area contributed by atoms with Crippen molar-refractivity contribution in [2.24, 2.45) is 0 Å². The van der Waals surface area contributed by atoms with Gasteiger partial charge in [-0.2, -0.15) is 0 Å². The van der Waals surface area contributed by atoms with Gasteiger partial charge in [-0.1, -0.05) is 30.3 Å². The van der Waals surface area contributed by atoms with E-state index in [0.29, 0.717) is 22.5 Å². The number of anilines is 1. The molecule has 0 radical (unpaired) electrons. The molecule has 0 saturated carbocycles. The van der Waals surface area contributed by atoms with Crippen molar-refractivity contribution in [2.45, 2.75) is 13.3 Å². The first kappa shape index (κ1) is 18.1. The van der Waals surface area contributed by atoms with E-state index in [4.69, 9.17) is 4.74 Å². The number of halogens is 1. The molecule has 1 aromatic heterocycles. The van der Waals surface area contributed by atoms with Gasteiger partial charge in [0.05, 0.1) is 18.7 Å². The number of nitrogens with one attached hydrogen (secondary N) is 1. The van der Waals surface area contributed by atoms with E-state index < -0.39 is 0 Å². The molecule has 6 heteroatoms. The Hall–Kier alpha value is -2.73. The Morgan fingerprint density at radius 1 is 1.15 bits per heavy atom. The van der Waals surface area contributed by atoms with Gasteiger partial charge < -0.3 is 10.1 Å². The van der Waals surface area contributed by atoms with E-state index in [9.17, 15) is 9.59 Å². The zero-order chi connectivity index (χ0) is 18.5. The average molecular weight is 413 g/mol. The zero-order valence-corrected chi connectivity index (χ0v) is 15.7. The van der Waals surface area contributed by atoms with E-state index >= 15 is 0 Å². The van der Waals surface area contributed by atoms with E-state index in [-0.39, 0.29) is 18.3 Å². The summed E-state index contributed by atoms with van der Waals surface area (Å²) in [6, 6.07) is 14.8. The largest absolute Gasteiger partial charge is 0.466 e. The van der Waals surface area contributed by atoms with Gasteiger partial charge in [-0.25, -0.2) is 0 Å². The highest BCUT2D eigenvalue weighted by molar-refractivity contribution is 9.10. The van der Waals surface area contributed by atoms with Crippen molar-refractivity contribution in [2.75, 3.05) is 11.9 Å². The van der Waals surface area contributed by atoms with Crippen LogP contribution in [0.15, 0.2) is 59.2 Å². The maximum absolute atomic E-state index is 12.7. The van der Waals surface area contributed by atoms with Crippen LogP contribution in [0.5, 0.6) is 0 Å². The Morgan fingerprint density at radius 3 is 2.73 bits per heavy atom. The third-order valence-electron chi connectivity index (χ3n) is 3.82. The van der Waals surface area contributed by atoms with Crippen molar-refractivity contribution in [3.8, 4) is 0 Å². The van der Waals surface area contributed by atoms with Crippen LogP contribution in [0.1, 0.15) is 23.0 Å². The summed E-state index contributed by atoms with van der Waals surface area (Å²) < 4.78 is 5.63. The molecule has 0 atom stereocenters. The van der Waals surface area contributed by atoms with Crippen LogP contribution in [0.3, 0.4) is 0 Å². The lowest BCUT2D eigenvalue weighted by molar-refractivity contribution is -0.142. The smallest absolute Gasteiger partial charge is 0.310 e. The molecule has 5 nitrogen and oxygen atoms in total. The normalized spacial score (nSPS) is 10.5. The maximum atomic E-state index is 12.7. The number of hydrogen-bond acceptors (Lipinski definition) is 4. The Labute approximate surface area is 159 Å². The average Bonchev–Trinajstić information content (AvgIpc) is 2.63. The lowest BCUT2D eigenvalue weighted by Crippen LogP contribution is -2.14. The molecule has 0 unspecified atom stereocenters. The molecule has 0 aliphatic carbocycles. The van der Waals surface area contributed by atoms with Gasteiger partial charge in [0, 0.05) is 16.1 Å². The highest BCUT2D eigenvalue weighted by Crippen LogP contribution is 2.25. The van der Waals surface area contributed by atoms with Crippen LogP contribution in [-0.4, -0.2) is 23.5 Å². The second kappa shape index (κ2) is 8.10. The highest BCUT2D eigenvalue weighted by Gasteiger charge is 2.14. The monoisotopic (exact) mass is 412 g/mol. The second-order valence-electron chi connectivity index (χ2n) is 5.63. The van der Waals surface area contributed by atoms with Gasteiger partial charge in [-0.3, -0.25) is 14.6 Å². The highest BCUT2D eigenvalue weighted by atomic mass is 79.9. The quantitative estimate of drug-likeness (QED) is 0.632. The molecule has 0 saturated heterocycles. The molecule has 0 aliphatic rings. The number of ether oxygens (including phenoxy) is 1. The molecular formula is C20H17BrN2O3. The number of hydrogen-bond donors (Lipinski definition) is 1. The Balaban J connectivity index is 1.80. The number of nitrogens with zero attached hydrogens (tertiary/aromatic N) is 1. The van der Waals surface area contributed by atoms with E-state index in [0.717, 1.165) is 16.3 Å². The van der Waals surface area contributed by atoms with Gasteiger partial charge >= 0.3 is 5.97 Å². The number of rotatable bonds is 5. The minimum Gasteiger partial charge on any atom is -0.466 e. The Kier molecular flexibility index (Phi) is 5.63. The van der Waals surface area contributed by atoms with Crippen LogP contribution in [0.2, 0.25) is 0 Å². The molecule has 0 fully saturated rings. The number of carbonyl (C=O) groups excluding carboxylic acids is 2. The number of carbonyl (C=O) groups is 2. The second-order valence-corrected chi connectivity index (χ2v) is 6.49. The first-order valence-corrected chi connectivity index (χ1v) is 8.97. The molecule has 2 aromatic carbocycles. The molecule has 0 aliphatic heterocycles. The van der Waals surface area contributed by atoms with Crippen LogP contribution >= 0.6 is 15.9 Å². The third kappa shape index (κ3) is 4.08. The number of aromatic nitrogens is 1. The molecule has 3 aromatic rings. The Bertz CT molecular complexity index is 967. The molecule has 132 valence electrons. The first-order chi connectivity index (χ1) is 12.6. The lowest BCUT2D eigenvalue weighted by Gasteiger charge is -2.10. The van der Waals surface area contributed by atoms with Crippen molar-refractivity contribution < 1.29 is 14.3 Å². The van der Waals surface area contributed by atoms with Crippen molar-refractivity contribution in [1.29, 1.82) is 0 Å². The molecular weight excluding hydrogens is 396 g/mol. The standard InChI is InChI=1S/C20H17BrN2O3/c1-2-26-18(24)12-13-7-8-17(16(21)11-13)23-20(25)19-15-6-4-3-5-14(15)9-10-22-19/h3-11H,2,12H2,1H3,(H,23,25). The lowest BCUT2D eigenvalue weighted by atomic mass is 10.1. The predicted molar refractivity (Wildman–Crippen MR) is 104 cm³/mol. The van der Waals surface area contributed by atoms with Crippen LogP contribution in [-0.2, 0) is 16.0 Å². The Morgan fingerprint density at radius 2 is 1.96 bits per heavy atom. The maximum Gasteiger partial charge on any atom is 0.310 e. The number of esters is 1. The molecule has 0 bridgehead atoms. The number of fused-ring (bicyclic) bond motifs is 1. The molecule has 3 rings (SSSR count). The van der Waals surface area contributed by atoms with Gasteiger partial charge in [0.1, 0.15) is 5.69 Å². The summed E-state index contributed by atoms with van der Waals surface area (Å²) in [7, 11) is 0. The minimum atomic E-state index is -0.291. The summed E-state index contributed by atoms with van der Waals surface area (Å²) in [4.78, 5) is 28.5. The van der Waals surface area contributed by atoms with E-state index in [1.165, 1.54) is 0 Å². The van der Waals surface area contributed by atoms with Gasteiger partial charge in [0.15, 0.2) is 0 Å². The predicted octanol–water partition coefficient (Wildman–Crippen LogP) is 4.36. The minimum absolute atomic E-state index is 0.186. The molecule has 0 spiro atoms. The summed E-state index contributed by atoms with van der Waals surface area (Å²) in [6.07, 6.45) is 1.81. The summed E-state index contributed by atoms with van der Waals surface area (Å²) in [5.41, 5.74) is 1.78. The van der Waals surface area contributed by atoms with E-state index in [1.807, 2.05) is 30.3 Å². The zero-order valence-electron chi connectivity index (χ0n) is 14.2. The molecule has 1 N–H and O–H groups in total. The topological polar surface area (TPSA) is 68.3 Å². The van der Waals surface area contributed by atoms with Crippen LogP contribution in [0.4, 0.5) is 5.69 Å². The number of amides is 1. The molecule has 26 heavy (non-hydrogen) atoms. The van der Waals surface area contributed by atoms with Gasteiger partial charge in [-0.15, -0.1) is 0 Å². The van der Waals surface area contributed by atoms with Gasteiger partial charge in [0.2, 0.25) is 0 Å². The van der Waals surface area contributed by atoms with Crippen molar-refractivity contribution >= 4 is 44.3 Å². The number of benzene rings is 2. The van der Waals surface area contributed by atoms with Crippen LogP contribution in [0.25, 0.3) is 10.8 Å². The SMILES string of the molecule is CCOC(=O)Cc1ccc(NC(=O)c2nccc3ccccc23)c(Br)c1. The molecule has 1 amide bonds. The van der Waals surface area contributed by atoms with Gasteiger partial charge in [-0.05, 0) is 52.0 Å². The summed E-state index contributed by atoms with van der Waals surface area (Å²) in [6.45, 7) is 2.12. The van der Waals surface area contributed by atoms with E-state index in [2.05, 4.69) is 26.2 Å². The van der Waals surface area contributed by atoms with Crippen molar-refractivity contribution in [1.82, 2.24) is 4.98 Å². The van der Waals surface area contributed by atoms with E-state index in [1.54, 1.807) is 31.3 Å². The summed E-state index contributed by atoms with van der Waals surface area (Å²) in [5, 5.41) is 4.61. The summed E-state index contributed by atoms with van der Waals surface area (Å²) >= 11 is 3.44. The fourth-order valence-corrected chi connectivity index (χ4v) is 3.16. The fraction of sp³-hybridized carbons (Fsp3) is 0.150. The van der Waals surface area contributed by atoms with Crippen LogP contribution < -0.4 is 5.32 Å². The first-order valence-electron chi connectivity index (χ1n) is 8.17. The summed E-state index contributed by atoms with van der Waals surface area (Å²) in [5.74, 6) is -0.572. The fourth-order valence-electron chi connectivity index (χ4n) is 2.63. The van der Waals surface area contributed by atoms with Gasteiger partial charge in [0.25, 0.3) is 5.91 Å². The number of pyridine rings is 1. The van der Waals surface area contributed by atoms with Crippen molar-refractivity contribution in [3.63, 3.8) is 0 Å².